The Kier molecular flexibility index (Phi) is 4.29. The Hall–Kier alpha value is -2.95. The van der Waals surface area contributed by atoms with Gasteiger partial charge < -0.3 is 0 Å². The molecule has 1 aliphatic rings. The van der Waals surface area contributed by atoms with Gasteiger partial charge in [0, 0.05) is 5.56 Å². The molecule has 1 aliphatic heterocycles. The van der Waals surface area contributed by atoms with Gasteiger partial charge >= 0.3 is 0 Å². The van der Waals surface area contributed by atoms with Gasteiger partial charge in [-0.15, -0.1) is 0 Å². The minimum absolute atomic E-state index is 0.235. The predicted octanol–water partition coefficient (Wildman–Crippen LogP) is 4.43. The van der Waals surface area contributed by atoms with Crippen LogP contribution in [-0.4, -0.2) is 18.1 Å². The van der Waals surface area contributed by atoms with Gasteiger partial charge in [-0.05, 0) is 17.7 Å². The van der Waals surface area contributed by atoms with Gasteiger partial charge in [-0.25, -0.2) is 10.0 Å². The second kappa shape index (κ2) is 6.89. The fourth-order valence-electron chi connectivity index (χ4n) is 3.02. The molecule has 0 fully saturated rings. The molecule has 0 amide bonds. The Labute approximate surface area is 147 Å². The van der Waals surface area contributed by atoms with Gasteiger partial charge in [-0.1, -0.05) is 84.0 Å². The summed E-state index contributed by atoms with van der Waals surface area (Å²) >= 11 is 0. The van der Waals surface area contributed by atoms with Gasteiger partial charge in [0.25, 0.3) is 0 Å². The summed E-state index contributed by atoms with van der Waals surface area (Å²) in [5.74, 6) is 0.863. The van der Waals surface area contributed by atoms with Gasteiger partial charge in [0.2, 0.25) is 0 Å². The van der Waals surface area contributed by atoms with E-state index in [9.17, 15) is 0 Å². The Bertz CT molecular complexity index is 850. The fourth-order valence-corrected chi connectivity index (χ4v) is 3.02. The van der Waals surface area contributed by atoms with Crippen LogP contribution in [0, 0.1) is 0 Å². The SMILES string of the molecule is CON1C(c2ccccc2)N=C(c2ccccc2)N1c1ccccc1. The summed E-state index contributed by atoms with van der Waals surface area (Å²) in [5, 5.41) is 3.83. The molecule has 1 heterocycles. The lowest BCUT2D eigenvalue weighted by Crippen LogP contribution is -2.42. The number of hydrogen-bond acceptors (Lipinski definition) is 4. The molecule has 3 aromatic rings. The highest BCUT2D eigenvalue weighted by Gasteiger charge is 2.37. The number of hydrogen-bond donors (Lipinski definition) is 0. The fraction of sp³-hybridized carbons (Fsp3) is 0.0952. The Morgan fingerprint density at radius 1 is 0.760 bits per heavy atom. The zero-order valence-corrected chi connectivity index (χ0v) is 14.0. The van der Waals surface area contributed by atoms with Crippen molar-refractivity contribution in [3.8, 4) is 0 Å². The highest BCUT2D eigenvalue weighted by atomic mass is 16.7. The molecule has 1 atom stereocenters. The summed E-state index contributed by atoms with van der Waals surface area (Å²) in [6, 6.07) is 30.5. The topological polar surface area (TPSA) is 28.1 Å². The number of aliphatic imine (C=N–C) groups is 1. The van der Waals surface area contributed by atoms with Gasteiger partial charge in [0.05, 0.1) is 12.8 Å². The smallest absolute Gasteiger partial charge is 0.174 e. The summed E-state index contributed by atoms with van der Waals surface area (Å²) in [6.07, 6.45) is -0.235. The molecule has 0 saturated carbocycles. The molecule has 0 radical (unpaired) electrons. The van der Waals surface area contributed by atoms with Gasteiger partial charge in [-0.2, -0.15) is 0 Å². The van der Waals surface area contributed by atoms with E-state index in [1.54, 1.807) is 7.11 Å². The minimum Gasteiger partial charge on any atom is -0.280 e. The van der Waals surface area contributed by atoms with Crippen LogP contribution in [0.2, 0.25) is 0 Å². The standard InChI is InChI=1S/C21H19N3O/c1-25-24-21(18-13-7-3-8-14-18)22-20(17-11-5-2-6-12-17)23(24)19-15-9-4-10-16-19/h2-16,21H,1H3. The van der Waals surface area contributed by atoms with Crippen LogP contribution in [0.5, 0.6) is 0 Å². The summed E-state index contributed by atoms with van der Waals surface area (Å²) in [6.45, 7) is 0. The van der Waals surface area contributed by atoms with Crippen LogP contribution in [0.3, 0.4) is 0 Å². The first kappa shape index (κ1) is 15.6. The first-order chi connectivity index (χ1) is 12.4. The molecule has 0 spiro atoms. The van der Waals surface area contributed by atoms with Crippen molar-refractivity contribution in [2.24, 2.45) is 4.99 Å². The van der Waals surface area contributed by atoms with Crippen LogP contribution in [0.25, 0.3) is 0 Å². The molecule has 124 valence electrons. The maximum Gasteiger partial charge on any atom is 0.174 e. The molecule has 0 aromatic heterocycles. The van der Waals surface area contributed by atoms with E-state index in [0.717, 1.165) is 22.6 Å². The zero-order valence-electron chi connectivity index (χ0n) is 14.0. The Balaban J connectivity index is 1.84. The van der Waals surface area contributed by atoms with Crippen molar-refractivity contribution < 1.29 is 4.84 Å². The van der Waals surface area contributed by atoms with E-state index in [4.69, 9.17) is 9.83 Å². The number of amidine groups is 1. The van der Waals surface area contributed by atoms with Gasteiger partial charge in [-0.3, -0.25) is 4.84 Å². The van der Waals surface area contributed by atoms with Crippen LogP contribution >= 0.6 is 0 Å². The monoisotopic (exact) mass is 329 g/mol. The van der Waals surface area contributed by atoms with Crippen molar-refractivity contribution in [1.82, 2.24) is 5.17 Å². The molecule has 0 saturated heterocycles. The summed E-state index contributed by atoms with van der Waals surface area (Å²) in [7, 11) is 1.68. The van der Waals surface area contributed by atoms with Crippen molar-refractivity contribution in [2.75, 3.05) is 12.1 Å². The molecule has 0 aliphatic carbocycles. The molecule has 25 heavy (non-hydrogen) atoms. The summed E-state index contributed by atoms with van der Waals surface area (Å²) in [5.41, 5.74) is 3.13. The van der Waals surface area contributed by atoms with Gasteiger partial charge in [0.1, 0.15) is 0 Å². The lowest BCUT2D eigenvalue weighted by molar-refractivity contribution is -0.152. The largest absolute Gasteiger partial charge is 0.280 e. The van der Waals surface area contributed by atoms with Crippen LogP contribution in [0.15, 0.2) is 96.0 Å². The average Bonchev–Trinajstić information content (AvgIpc) is 3.09. The molecule has 3 aromatic carbocycles. The highest BCUT2D eigenvalue weighted by molar-refractivity contribution is 6.10. The summed E-state index contributed by atoms with van der Waals surface area (Å²) in [4.78, 5) is 10.7. The highest BCUT2D eigenvalue weighted by Crippen LogP contribution is 2.35. The van der Waals surface area contributed by atoms with Crippen molar-refractivity contribution in [3.63, 3.8) is 0 Å². The van der Waals surface area contributed by atoms with Crippen molar-refractivity contribution in [1.29, 1.82) is 0 Å². The lowest BCUT2D eigenvalue weighted by atomic mass is 10.2. The quantitative estimate of drug-likeness (QED) is 0.709. The van der Waals surface area contributed by atoms with Crippen LogP contribution < -0.4 is 5.01 Å². The van der Waals surface area contributed by atoms with Gasteiger partial charge in [0.15, 0.2) is 12.0 Å². The van der Waals surface area contributed by atoms with Crippen molar-refractivity contribution in [3.05, 3.63) is 102 Å². The third-order valence-corrected chi connectivity index (χ3v) is 4.17. The molecule has 1 unspecified atom stereocenters. The maximum atomic E-state index is 5.74. The molecular weight excluding hydrogens is 310 g/mol. The zero-order chi connectivity index (χ0) is 17.1. The molecule has 4 rings (SSSR count). The number of hydroxylamine groups is 1. The average molecular weight is 329 g/mol. The number of anilines is 1. The third-order valence-electron chi connectivity index (χ3n) is 4.17. The first-order valence-corrected chi connectivity index (χ1v) is 8.25. The second-order valence-electron chi connectivity index (χ2n) is 5.74. The van der Waals surface area contributed by atoms with Crippen molar-refractivity contribution >= 4 is 11.5 Å². The number of hydrazine groups is 1. The van der Waals surface area contributed by atoms with E-state index < -0.39 is 0 Å². The minimum atomic E-state index is -0.235. The normalized spacial score (nSPS) is 17.6. The molecule has 0 bridgehead atoms. The van der Waals surface area contributed by atoms with E-state index in [1.165, 1.54) is 0 Å². The summed E-state index contributed by atoms with van der Waals surface area (Å²) < 4.78 is 0. The van der Waals surface area contributed by atoms with Crippen molar-refractivity contribution in [2.45, 2.75) is 6.17 Å². The maximum absolute atomic E-state index is 5.74. The molecule has 0 N–H and O–H groups in total. The molecule has 4 nitrogen and oxygen atoms in total. The number of para-hydroxylation sites is 1. The number of rotatable bonds is 4. The molecule has 4 heteroatoms. The van der Waals surface area contributed by atoms with E-state index in [1.807, 2.05) is 64.8 Å². The van der Waals surface area contributed by atoms with E-state index >= 15 is 0 Å². The second-order valence-corrected chi connectivity index (χ2v) is 5.74. The Morgan fingerprint density at radius 3 is 1.92 bits per heavy atom. The lowest BCUT2D eigenvalue weighted by Gasteiger charge is -2.31. The number of nitrogens with zero attached hydrogens (tertiary/aromatic N) is 3. The predicted molar refractivity (Wildman–Crippen MR) is 99.9 cm³/mol. The third kappa shape index (κ3) is 2.93. The van der Waals surface area contributed by atoms with E-state index in [0.29, 0.717) is 0 Å². The molecular formula is C21H19N3O. The Morgan fingerprint density at radius 2 is 1.32 bits per heavy atom. The van der Waals surface area contributed by atoms with Crippen LogP contribution in [0.1, 0.15) is 17.3 Å². The first-order valence-electron chi connectivity index (χ1n) is 8.25. The van der Waals surface area contributed by atoms with Crippen LogP contribution in [-0.2, 0) is 4.84 Å². The van der Waals surface area contributed by atoms with E-state index in [-0.39, 0.29) is 6.17 Å². The number of benzene rings is 3. The van der Waals surface area contributed by atoms with Crippen LogP contribution in [0.4, 0.5) is 5.69 Å². The van der Waals surface area contributed by atoms with E-state index in [2.05, 4.69) is 36.4 Å².